The number of carbonyl (C=O) groups is 2. The molecule has 0 radical (unpaired) electrons. The molecule has 4 rings (SSSR count). The van der Waals surface area contributed by atoms with E-state index in [9.17, 15) is 9.59 Å². The maximum atomic E-state index is 13.7. The predicted molar refractivity (Wildman–Crippen MR) is 141 cm³/mol. The topological polar surface area (TPSA) is 62.3 Å². The molecule has 1 unspecified atom stereocenters. The number of amides is 2. The highest BCUT2D eigenvalue weighted by Crippen LogP contribution is 2.38. The molecule has 35 heavy (non-hydrogen) atoms. The Bertz CT molecular complexity index is 1220. The molecule has 2 heterocycles. The summed E-state index contributed by atoms with van der Waals surface area (Å²) in [5.74, 6) is -0.649. The summed E-state index contributed by atoms with van der Waals surface area (Å²) in [7, 11) is 0. The summed E-state index contributed by atoms with van der Waals surface area (Å²) >= 11 is 6.07. The van der Waals surface area contributed by atoms with Gasteiger partial charge in [0.25, 0.3) is 5.91 Å². The normalized spacial score (nSPS) is 18.3. The first-order chi connectivity index (χ1) is 16.6. The Balaban J connectivity index is 1.67. The van der Waals surface area contributed by atoms with Crippen LogP contribution in [0.2, 0.25) is 5.02 Å². The van der Waals surface area contributed by atoms with Crippen molar-refractivity contribution in [2.45, 2.75) is 52.0 Å². The van der Waals surface area contributed by atoms with E-state index in [1.165, 1.54) is 6.20 Å². The van der Waals surface area contributed by atoms with E-state index in [2.05, 4.69) is 37.1 Å². The van der Waals surface area contributed by atoms with Crippen LogP contribution in [0, 0.1) is 12.8 Å². The smallest absolute Gasteiger partial charge is 0.273 e. The quantitative estimate of drug-likeness (QED) is 0.450. The Hall–Kier alpha value is -3.18. The van der Waals surface area contributed by atoms with Crippen LogP contribution in [0.5, 0.6) is 0 Å². The number of pyridine rings is 1. The van der Waals surface area contributed by atoms with Crippen molar-refractivity contribution >= 4 is 29.1 Å². The number of nitrogens with one attached hydrogen (secondary N) is 1. The van der Waals surface area contributed by atoms with Gasteiger partial charge in [-0.2, -0.15) is 0 Å². The summed E-state index contributed by atoms with van der Waals surface area (Å²) in [6.07, 6.45) is 2.93. The number of carbonyl (C=O) groups excluding carboxylic acids is 2. The summed E-state index contributed by atoms with van der Waals surface area (Å²) in [5.41, 5.74) is 3.93. The largest absolute Gasteiger partial charge is 0.329 e. The molecule has 1 aliphatic heterocycles. The fourth-order valence-electron chi connectivity index (χ4n) is 4.76. The summed E-state index contributed by atoms with van der Waals surface area (Å²) in [6.45, 7) is 8.84. The standard InChI is InChI=1S/C29H32ClN3O2/c1-19-16-22(30)18-31-25(19)28(35)33-15-9-14-24(26(33)20-10-6-5-7-11-20)27(34)32-23-13-8-12-21(17-23)29(2,3)4/h5-8,10-13,16-18,24,26H,9,14-15H2,1-4H3,(H,32,34)/t24?,26-/m0/s1. The number of rotatable bonds is 4. The molecule has 2 atom stereocenters. The first-order valence-corrected chi connectivity index (χ1v) is 12.4. The molecule has 5 nitrogen and oxygen atoms in total. The zero-order valence-electron chi connectivity index (χ0n) is 20.7. The lowest BCUT2D eigenvalue weighted by atomic mass is 9.83. The maximum absolute atomic E-state index is 13.7. The number of halogens is 1. The van der Waals surface area contributed by atoms with Crippen molar-refractivity contribution in [1.29, 1.82) is 0 Å². The van der Waals surface area contributed by atoms with Gasteiger partial charge >= 0.3 is 0 Å². The van der Waals surface area contributed by atoms with Crippen molar-refractivity contribution in [3.63, 3.8) is 0 Å². The lowest BCUT2D eigenvalue weighted by molar-refractivity contribution is -0.123. The summed E-state index contributed by atoms with van der Waals surface area (Å²) in [4.78, 5) is 33.5. The lowest BCUT2D eigenvalue weighted by Gasteiger charge is -2.41. The number of benzene rings is 2. The number of nitrogens with zero attached hydrogens (tertiary/aromatic N) is 2. The zero-order chi connectivity index (χ0) is 25.2. The van der Waals surface area contributed by atoms with Gasteiger partial charge in [-0.05, 0) is 60.1 Å². The van der Waals surface area contributed by atoms with Crippen LogP contribution < -0.4 is 5.32 Å². The average Bonchev–Trinajstić information content (AvgIpc) is 2.83. The maximum Gasteiger partial charge on any atom is 0.273 e. The highest BCUT2D eigenvalue weighted by atomic mass is 35.5. The first-order valence-electron chi connectivity index (χ1n) is 12.0. The molecule has 1 fully saturated rings. The van der Waals surface area contributed by atoms with Crippen molar-refractivity contribution in [2.24, 2.45) is 5.92 Å². The third kappa shape index (κ3) is 5.57. The molecule has 1 saturated heterocycles. The van der Waals surface area contributed by atoms with Gasteiger partial charge in [0.2, 0.25) is 5.91 Å². The van der Waals surface area contributed by atoms with E-state index < -0.39 is 0 Å². The number of anilines is 1. The van der Waals surface area contributed by atoms with E-state index in [1.807, 2.05) is 55.5 Å². The summed E-state index contributed by atoms with van der Waals surface area (Å²) in [6, 6.07) is 19.1. The number of aryl methyl sites for hydroxylation is 1. The van der Waals surface area contributed by atoms with Crippen LogP contribution in [-0.2, 0) is 10.2 Å². The van der Waals surface area contributed by atoms with Crippen molar-refractivity contribution in [2.75, 3.05) is 11.9 Å². The second-order valence-corrected chi connectivity index (χ2v) is 10.7. The van der Waals surface area contributed by atoms with Gasteiger partial charge < -0.3 is 10.2 Å². The number of hydrogen-bond donors (Lipinski definition) is 1. The van der Waals surface area contributed by atoms with Gasteiger partial charge in [-0.25, -0.2) is 4.98 Å². The minimum atomic E-state index is -0.389. The molecule has 0 bridgehead atoms. The van der Waals surface area contributed by atoms with E-state index >= 15 is 0 Å². The van der Waals surface area contributed by atoms with E-state index in [-0.39, 0.29) is 29.2 Å². The van der Waals surface area contributed by atoms with Crippen molar-refractivity contribution in [3.05, 3.63) is 94.3 Å². The van der Waals surface area contributed by atoms with Gasteiger partial charge in [-0.3, -0.25) is 9.59 Å². The number of likely N-dealkylation sites (tertiary alicyclic amines) is 1. The molecule has 3 aromatic rings. The minimum absolute atomic E-state index is 0.0230. The first kappa shape index (κ1) is 24.9. The molecule has 0 spiro atoms. The second kappa shape index (κ2) is 10.2. The Kier molecular flexibility index (Phi) is 7.27. The van der Waals surface area contributed by atoms with E-state index in [0.29, 0.717) is 23.7 Å². The fourth-order valence-corrected chi connectivity index (χ4v) is 4.97. The average molecular weight is 490 g/mol. The lowest BCUT2D eigenvalue weighted by Crippen LogP contribution is -2.46. The van der Waals surface area contributed by atoms with Crippen molar-refractivity contribution in [1.82, 2.24) is 9.88 Å². The minimum Gasteiger partial charge on any atom is -0.329 e. The van der Waals surface area contributed by atoms with Gasteiger partial charge in [-0.15, -0.1) is 0 Å². The Morgan fingerprint density at radius 2 is 1.80 bits per heavy atom. The predicted octanol–water partition coefficient (Wildman–Crippen LogP) is 6.57. The molecule has 1 aromatic heterocycles. The Labute approximate surface area is 212 Å². The van der Waals surface area contributed by atoms with Gasteiger partial charge in [-0.1, -0.05) is 74.8 Å². The SMILES string of the molecule is Cc1cc(Cl)cnc1C(=O)N1CCCC(C(=O)Nc2cccc(C(C)(C)C)c2)[C@@H]1c1ccccc1. The molecular weight excluding hydrogens is 458 g/mol. The van der Waals surface area contributed by atoms with Crippen LogP contribution in [0.15, 0.2) is 66.9 Å². The summed E-state index contributed by atoms with van der Waals surface area (Å²) in [5, 5.41) is 3.62. The zero-order valence-corrected chi connectivity index (χ0v) is 21.5. The molecule has 1 aliphatic rings. The highest BCUT2D eigenvalue weighted by Gasteiger charge is 2.40. The van der Waals surface area contributed by atoms with Crippen LogP contribution in [0.25, 0.3) is 0 Å². The van der Waals surface area contributed by atoms with Gasteiger partial charge in [0.05, 0.1) is 17.0 Å². The molecule has 182 valence electrons. The monoisotopic (exact) mass is 489 g/mol. The van der Waals surface area contributed by atoms with Gasteiger partial charge in [0.15, 0.2) is 0 Å². The van der Waals surface area contributed by atoms with E-state index in [1.54, 1.807) is 11.0 Å². The fraction of sp³-hybridized carbons (Fsp3) is 0.345. The molecule has 6 heteroatoms. The van der Waals surface area contributed by atoms with Crippen LogP contribution >= 0.6 is 11.6 Å². The highest BCUT2D eigenvalue weighted by molar-refractivity contribution is 6.30. The van der Waals surface area contributed by atoms with Crippen LogP contribution in [0.1, 0.15) is 66.8 Å². The van der Waals surface area contributed by atoms with Crippen LogP contribution in [0.3, 0.4) is 0 Å². The van der Waals surface area contributed by atoms with Crippen LogP contribution in [-0.4, -0.2) is 28.2 Å². The van der Waals surface area contributed by atoms with E-state index in [0.717, 1.165) is 28.8 Å². The number of piperidine rings is 1. The number of hydrogen-bond acceptors (Lipinski definition) is 3. The number of aromatic nitrogens is 1. The Morgan fingerprint density at radius 1 is 1.06 bits per heavy atom. The molecular formula is C29H32ClN3O2. The molecule has 0 aliphatic carbocycles. The van der Waals surface area contributed by atoms with Gasteiger partial charge in [0.1, 0.15) is 5.69 Å². The molecule has 2 amide bonds. The van der Waals surface area contributed by atoms with Crippen molar-refractivity contribution in [3.8, 4) is 0 Å². The molecule has 1 N–H and O–H groups in total. The molecule has 2 aromatic carbocycles. The third-order valence-corrected chi connectivity index (χ3v) is 6.82. The van der Waals surface area contributed by atoms with E-state index in [4.69, 9.17) is 11.6 Å². The van der Waals surface area contributed by atoms with Gasteiger partial charge in [0, 0.05) is 18.4 Å². The summed E-state index contributed by atoms with van der Waals surface area (Å²) < 4.78 is 0. The van der Waals surface area contributed by atoms with Crippen LogP contribution in [0.4, 0.5) is 5.69 Å². The second-order valence-electron chi connectivity index (χ2n) is 10.2. The third-order valence-electron chi connectivity index (χ3n) is 6.61. The van der Waals surface area contributed by atoms with Crippen molar-refractivity contribution < 1.29 is 9.59 Å². The Morgan fingerprint density at radius 3 is 2.49 bits per heavy atom. The molecule has 0 saturated carbocycles.